The number of hydrogen-bond donors (Lipinski definition) is 1. The average molecular weight is 262 g/mol. The number of nitrogens with one attached hydrogen (secondary N) is 1. The van der Waals surface area contributed by atoms with Crippen LogP contribution >= 0.6 is 0 Å². The number of H-pyrrole nitrogens is 1. The van der Waals surface area contributed by atoms with Crippen molar-refractivity contribution in [3.8, 4) is 17.3 Å². The third kappa shape index (κ3) is 1.63. The van der Waals surface area contributed by atoms with Gasteiger partial charge in [0.2, 0.25) is 0 Å². The van der Waals surface area contributed by atoms with Crippen LogP contribution in [0.1, 0.15) is 11.1 Å². The van der Waals surface area contributed by atoms with Crippen molar-refractivity contribution in [2.75, 3.05) is 0 Å². The molecule has 0 atom stereocenters. The lowest BCUT2D eigenvalue weighted by atomic mass is 10.1. The molecule has 0 amide bonds. The predicted molar refractivity (Wildman–Crippen MR) is 76.1 cm³/mol. The van der Waals surface area contributed by atoms with Crippen LogP contribution < -0.4 is 5.56 Å². The van der Waals surface area contributed by atoms with E-state index in [9.17, 15) is 4.79 Å². The summed E-state index contributed by atoms with van der Waals surface area (Å²) in [4.78, 5) is 16.8. The molecule has 0 saturated carbocycles. The molecule has 5 nitrogen and oxygen atoms in total. The molecule has 0 saturated heterocycles. The third-order valence-corrected chi connectivity index (χ3v) is 3.07. The summed E-state index contributed by atoms with van der Waals surface area (Å²) in [5.41, 5.74) is 2.12. The van der Waals surface area contributed by atoms with Crippen LogP contribution in [0.2, 0.25) is 0 Å². The van der Waals surface area contributed by atoms with E-state index < -0.39 is 0 Å². The standard InChI is InChI=1S/C15H10N4O/c1-2-12-13(10-6-4-3-5-7-10)18-14-11(8-16)9-17-19(14)15(12)20/h2-7,9,17H,1H2. The van der Waals surface area contributed by atoms with Crippen LogP contribution in [0.15, 0.2) is 47.9 Å². The fraction of sp³-hybridized carbons (Fsp3) is 0. The zero-order valence-electron chi connectivity index (χ0n) is 10.5. The second-order valence-corrected chi connectivity index (χ2v) is 4.21. The summed E-state index contributed by atoms with van der Waals surface area (Å²) in [6.07, 6.45) is 2.95. The second kappa shape index (κ2) is 4.52. The number of benzene rings is 1. The van der Waals surface area contributed by atoms with Gasteiger partial charge in [0.1, 0.15) is 11.6 Å². The van der Waals surface area contributed by atoms with E-state index >= 15 is 0 Å². The van der Waals surface area contributed by atoms with Crippen molar-refractivity contribution in [3.63, 3.8) is 0 Å². The molecule has 1 N–H and O–H groups in total. The Bertz CT molecular complexity index is 897. The van der Waals surface area contributed by atoms with Crippen LogP contribution in [-0.2, 0) is 0 Å². The van der Waals surface area contributed by atoms with E-state index in [0.717, 1.165) is 5.56 Å². The average Bonchev–Trinajstić information content (AvgIpc) is 2.91. The van der Waals surface area contributed by atoms with Gasteiger partial charge in [0.25, 0.3) is 5.56 Å². The third-order valence-electron chi connectivity index (χ3n) is 3.07. The minimum atomic E-state index is -0.273. The molecule has 3 aromatic rings. The van der Waals surface area contributed by atoms with Crippen molar-refractivity contribution in [2.45, 2.75) is 0 Å². The molecule has 0 aliphatic carbocycles. The Balaban J connectivity index is 2.45. The molecular weight excluding hydrogens is 252 g/mol. The zero-order chi connectivity index (χ0) is 14.1. The Kier molecular flexibility index (Phi) is 2.70. The molecule has 2 heterocycles. The smallest absolute Gasteiger partial charge is 0.280 e. The molecule has 0 aliphatic heterocycles. The quantitative estimate of drug-likeness (QED) is 0.769. The molecule has 0 bridgehead atoms. The highest BCUT2D eigenvalue weighted by atomic mass is 16.1. The highest BCUT2D eigenvalue weighted by molar-refractivity contribution is 5.73. The lowest BCUT2D eigenvalue weighted by molar-refractivity contribution is 0.897. The number of rotatable bonds is 2. The monoisotopic (exact) mass is 262 g/mol. The van der Waals surface area contributed by atoms with Gasteiger partial charge in [-0.15, -0.1) is 0 Å². The normalized spacial score (nSPS) is 10.3. The van der Waals surface area contributed by atoms with E-state index in [0.29, 0.717) is 22.5 Å². The largest absolute Gasteiger partial charge is 0.295 e. The molecule has 0 radical (unpaired) electrons. The molecule has 20 heavy (non-hydrogen) atoms. The molecule has 1 aromatic carbocycles. The van der Waals surface area contributed by atoms with Crippen molar-refractivity contribution in [1.29, 1.82) is 5.26 Å². The lowest BCUT2D eigenvalue weighted by Crippen LogP contribution is -2.19. The Labute approximate surface area is 114 Å². The molecule has 5 heteroatoms. The van der Waals surface area contributed by atoms with E-state index in [2.05, 4.69) is 16.7 Å². The van der Waals surface area contributed by atoms with E-state index in [1.807, 2.05) is 36.4 Å². The van der Waals surface area contributed by atoms with Crippen LogP contribution in [0.4, 0.5) is 0 Å². The molecule has 2 aromatic heterocycles. The first-order valence-electron chi connectivity index (χ1n) is 5.98. The first-order chi connectivity index (χ1) is 9.76. The summed E-state index contributed by atoms with van der Waals surface area (Å²) in [6.45, 7) is 3.68. The molecular formula is C15H10N4O. The van der Waals surface area contributed by atoms with E-state index in [1.54, 1.807) is 0 Å². The van der Waals surface area contributed by atoms with Crippen LogP contribution in [-0.4, -0.2) is 14.6 Å². The summed E-state index contributed by atoms with van der Waals surface area (Å²) < 4.78 is 1.25. The van der Waals surface area contributed by atoms with E-state index in [-0.39, 0.29) is 5.56 Å². The van der Waals surface area contributed by atoms with Gasteiger partial charge in [0.05, 0.1) is 11.3 Å². The van der Waals surface area contributed by atoms with Crippen molar-refractivity contribution < 1.29 is 0 Å². The number of fused-ring (bicyclic) bond motifs is 1. The van der Waals surface area contributed by atoms with Crippen molar-refractivity contribution >= 4 is 11.7 Å². The molecule has 3 rings (SSSR count). The highest BCUT2D eigenvalue weighted by Crippen LogP contribution is 2.21. The Morgan fingerprint density at radius 1 is 1.35 bits per heavy atom. The summed E-state index contributed by atoms with van der Waals surface area (Å²) in [5, 5.41) is 11.8. The summed E-state index contributed by atoms with van der Waals surface area (Å²) >= 11 is 0. The molecule has 0 fully saturated rings. The van der Waals surface area contributed by atoms with Crippen LogP contribution in [0.3, 0.4) is 0 Å². The van der Waals surface area contributed by atoms with Gasteiger partial charge in [0.15, 0.2) is 5.65 Å². The van der Waals surface area contributed by atoms with E-state index in [4.69, 9.17) is 5.26 Å². The van der Waals surface area contributed by atoms with Crippen molar-refractivity contribution in [1.82, 2.24) is 14.6 Å². The second-order valence-electron chi connectivity index (χ2n) is 4.21. The van der Waals surface area contributed by atoms with E-state index in [1.165, 1.54) is 16.8 Å². The Morgan fingerprint density at radius 3 is 2.75 bits per heavy atom. The molecule has 0 spiro atoms. The minimum absolute atomic E-state index is 0.273. The zero-order valence-corrected chi connectivity index (χ0v) is 10.5. The van der Waals surface area contributed by atoms with Gasteiger partial charge >= 0.3 is 0 Å². The summed E-state index contributed by atoms with van der Waals surface area (Å²) in [6, 6.07) is 11.4. The highest BCUT2D eigenvalue weighted by Gasteiger charge is 2.15. The molecule has 0 unspecified atom stereocenters. The molecule has 0 aliphatic rings. The first kappa shape index (κ1) is 11.9. The maximum atomic E-state index is 12.4. The van der Waals surface area contributed by atoms with Crippen molar-refractivity contribution in [2.24, 2.45) is 0 Å². The van der Waals surface area contributed by atoms with Gasteiger partial charge in [-0.3, -0.25) is 9.89 Å². The summed E-state index contributed by atoms with van der Waals surface area (Å²) in [5.74, 6) is 0. The number of hydrogen-bond acceptors (Lipinski definition) is 3. The maximum absolute atomic E-state index is 12.4. The summed E-state index contributed by atoms with van der Waals surface area (Å²) in [7, 11) is 0. The van der Waals surface area contributed by atoms with Gasteiger partial charge in [-0.05, 0) is 0 Å². The number of aromatic nitrogens is 3. The van der Waals surface area contributed by atoms with Crippen LogP contribution in [0.5, 0.6) is 0 Å². The Morgan fingerprint density at radius 2 is 2.10 bits per heavy atom. The number of nitrogens with zero attached hydrogens (tertiary/aromatic N) is 3. The molecule has 96 valence electrons. The van der Waals surface area contributed by atoms with Crippen molar-refractivity contribution in [3.05, 3.63) is 64.6 Å². The lowest BCUT2D eigenvalue weighted by Gasteiger charge is -2.05. The Hall–Kier alpha value is -3.13. The van der Waals surface area contributed by atoms with Gasteiger partial charge in [-0.25, -0.2) is 4.98 Å². The van der Waals surface area contributed by atoms with Crippen LogP contribution in [0.25, 0.3) is 23.0 Å². The number of nitriles is 1. The van der Waals surface area contributed by atoms with Gasteiger partial charge in [-0.2, -0.15) is 9.78 Å². The van der Waals surface area contributed by atoms with Gasteiger partial charge in [0, 0.05) is 11.8 Å². The SMILES string of the molecule is C=Cc1c(-c2ccccc2)nc2c(C#N)c[nH]n2c1=O. The first-order valence-corrected chi connectivity index (χ1v) is 5.98. The number of aromatic amines is 1. The maximum Gasteiger partial charge on any atom is 0.280 e. The van der Waals surface area contributed by atoms with Crippen LogP contribution in [0, 0.1) is 11.3 Å². The van der Waals surface area contributed by atoms with Gasteiger partial charge < -0.3 is 0 Å². The minimum Gasteiger partial charge on any atom is -0.295 e. The fourth-order valence-electron chi connectivity index (χ4n) is 2.11. The predicted octanol–water partition coefficient (Wildman–Crippen LogP) is 2.20. The fourth-order valence-corrected chi connectivity index (χ4v) is 2.11. The van der Waals surface area contributed by atoms with Gasteiger partial charge in [-0.1, -0.05) is 43.0 Å². The topological polar surface area (TPSA) is 73.9 Å².